The highest BCUT2D eigenvalue weighted by molar-refractivity contribution is 14.1. The Balaban J connectivity index is 1.61. The minimum atomic E-state index is -0.167. The molecule has 4 fully saturated rings. The maximum Gasteiger partial charge on any atom is 0.476 e. The van der Waals surface area contributed by atoms with E-state index in [-0.39, 0.29) is 12.4 Å². The molecule has 5 heteroatoms. The Morgan fingerprint density at radius 1 is 1.39 bits per heavy atom. The van der Waals surface area contributed by atoms with Gasteiger partial charge in [-0.15, -0.1) is 11.6 Å². The van der Waals surface area contributed by atoms with Crippen molar-refractivity contribution in [2.75, 3.05) is 4.43 Å². The van der Waals surface area contributed by atoms with Crippen LogP contribution < -0.4 is 0 Å². The van der Waals surface area contributed by atoms with E-state index < -0.39 is 0 Å². The smallest absolute Gasteiger partial charge is 0.405 e. The lowest BCUT2D eigenvalue weighted by Gasteiger charge is -2.60. The molecular weight excluding hydrogens is 361 g/mol. The quantitative estimate of drug-likeness (QED) is 0.419. The van der Waals surface area contributed by atoms with E-state index in [1.54, 1.807) is 0 Å². The monoisotopic (exact) mass is 382 g/mol. The van der Waals surface area contributed by atoms with Crippen molar-refractivity contribution < 1.29 is 9.31 Å². The molecule has 0 amide bonds. The van der Waals surface area contributed by atoms with Gasteiger partial charge >= 0.3 is 7.12 Å². The molecule has 1 aliphatic heterocycles. The van der Waals surface area contributed by atoms with Crippen molar-refractivity contribution >= 4 is 41.3 Å². The fourth-order valence-electron chi connectivity index (χ4n) is 3.94. The summed E-state index contributed by atoms with van der Waals surface area (Å²) in [7, 11) is -0.167. The Kier molecular flexibility index (Phi) is 3.94. The molecule has 5 atom stereocenters. The molecular formula is C13H21BClIO2. The lowest BCUT2D eigenvalue weighted by molar-refractivity contribution is -0.150. The second-order valence-corrected chi connectivity index (χ2v) is 8.23. The third-order valence-corrected chi connectivity index (χ3v) is 6.52. The van der Waals surface area contributed by atoms with Gasteiger partial charge in [0.25, 0.3) is 0 Å². The van der Waals surface area contributed by atoms with E-state index in [9.17, 15) is 0 Å². The maximum atomic E-state index is 6.41. The molecule has 1 unspecified atom stereocenters. The SMILES string of the molecule is CC1(C)[C@H]2C[C@@H]1C1OB([C@H](Cl)CCCI)O[C@@H]1C2. The van der Waals surface area contributed by atoms with Gasteiger partial charge in [-0.05, 0) is 47.4 Å². The van der Waals surface area contributed by atoms with E-state index in [0.29, 0.717) is 23.5 Å². The van der Waals surface area contributed by atoms with Crippen molar-refractivity contribution in [3.63, 3.8) is 0 Å². The standard InChI is InChI=1S/C13H21BClIO2/c1-13(2)8-6-9(13)12-10(7-8)17-14(18-12)11(15)4-3-5-16/h8-12H,3-7H2,1-2H3/t8-,9+,10+,11+,12?/m0/s1. The zero-order chi connectivity index (χ0) is 12.9. The van der Waals surface area contributed by atoms with Gasteiger partial charge in [0.2, 0.25) is 0 Å². The molecule has 0 spiro atoms. The van der Waals surface area contributed by atoms with Gasteiger partial charge in [0.1, 0.15) is 0 Å². The van der Waals surface area contributed by atoms with Crippen molar-refractivity contribution in [2.45, 2.75) is 57.0 Å². The van der Waals surface area contributed by atoms with Crippen molar-refractivity contribution in [3.05, 3.63) is 0 Å². The Morgan fingerprint density at radius 3 is 2.83 bits per heavy atom. The second kappa shape index (κ2) is 5.08. The Morgan fingerprint density at radius 2 is 2.17 bits per heavy atom. The van der Waals surface area contributed by atoms with Crippen LogP contribution in [0.25, 0.3) is 0 Å². The average Bonchev–Trinajstić information content (AvgIpc) is 2.78. The molecule has 1 heterocycles. The minimum absolute atomic E-state index is 0.0191. The average molecular weight is 382 g/mol. The first-order valence-corrected chi connectivity index (χ1v) is 9.01. The van der Waals surface area contributed by atoms with Gasteiger partial charge in [0.05, 0.1) is 17.5 Å². The van der Waals surface area contributed by atoms with E-state index in [4.69, 9.17) is 20.9 Å². The van der Waals surface area contributed by atoms with Crippen LogP contribution >= 0.6 is 34.2 Å². The summed E-state index contributed by atoms with van der Waals surface area (Å²) in [5.74, 6) is 1.51. The molecule has 0 aromatic carbocycles. The summed E-state index contributed by atoms with van der Waals surface area (Å²) < 4.78 is 13.4. The van der Waals surface area contributed by atoms with Gasteiger partial charge in [-0.1, -0.05) is 36.4 Å². The fourth-order valence-corrected chi connectivity index (χ4v) is 4.65. The lowest BCUT2D eigenvalue weighted by atomic mass is 9.47. The van der Waals surface area contributed by atoms with Gasteiger partial charge in [0, 0.05) is 0 Å². The summed E-state index contributed by atoms with van der Waals surface area (Å²) in [6.07, 6.45) is 5.24. The predicted octanol–water partition coefficient (Wildman–Crippen LogP) is 3.69. The van der Waals surface area contributed by atoms with E-state index >= 15 is 0 Å². The largest absolute Gasteiger partial charge is 0.476 e. The van der Waals surface area contributed by atoms with Gasteiger partial charge in [-0.25, -0.2) is 0 Å². The first-order valence-electron chi connectivity index (χ1n) is 7.05. The van der Waals surface area contributed by atoms with Gasteiger partial charge in [-0.3, -0.25) is 0 Å². The minimum Gasteiger partial charge on any atom is -0.405 e. The highest BCUT2D eigenvalue weighted by Crippen LogP contribution is 2.61. The predicted molar refractivity (Wildman–Crippen MR) is 83.3 cm³/mol. The topological polar surface area (TPSA) is 18.5 Å². The zero-order valence-corrected chi connectivity index (χ0v) is 14.0. The molecule has 0 N–H and O–H groups in total. The summed E-state index contributed by atoms with van der Waals surface area (Å²) in [6, 6.07) is 0. The number of rotatable bonds is 4. The molecule has 3 aliphatic carbocycles. The van der Waals surface area contributed by atoms with Crippen molar-refractivity contribution in [2.24, 2.45) is 17.3 Å². The van der Waals surface area contributed by atoms with Gasteiger partial charge in [0.15, 0.2) is 0 Å². The molecule has 1 saturated heterocycles. The van der Waals surface area contributed by atoms with Crippen LogP contribution in [0.2, 0.25) is 0 Å². The van der Waals surface area contributed by atoms with Crippen LogP contribution in [0, 0.1) is 17.3 Å². The third kappa shape index (κ3) is 2.15. The molecule has 0 radical (unpaired) electrons. The molecule has 4 aliphatic rings. The van der Waals surface area contributed by atoms with E-state index in [1.165, 1.54) is 12.8 Å². The zero-order valence-electron chi connectivity index (χ0n) is 11.1. The Bertz CT molecular complexity index is 328. The molecule has 2 bridgehead atoms. The van der Waals surface area contributed by atoms with Crippen molar-refractivity contribution in [3.8, 4) is 0 Å². The molecule has 2 nitrogen and oxygen atoms in total. The Labute approximate surface area is 129 Å². The first kappa shape index (κ1) is 14.0. The number of alkyl halides is 2. The normalized spacial score (nSPS) is 42.3. The van der Waals surface area contributed by atoms with Crippen LogP contribution in [0.4, 0.5) is 0 Å². The molecule has 0 aromatic rings. The van der Waals surface area contributed by atoms with Crippen LogP contribution in [0.1, 0.15) is 39.5 Å². The highest BCUT2D eigenvalue weighted by atomic mass is 127. The van der Waals surface area contributed by atoms with Gasteiger partial charge in [-0.2, -0.15) is 0 Å². The second-order valence-electron chi connectivity index (χ2n) is 6.59. The highest BCUT2D eigenvalue weighted by Gasteiger charge is 2.62. The molecule has 4 rings (SSSR count). The molecule has 102 valence electrons. The molecule has 18 heavy (non-hydrogen) atoms. The van der Waals surface area contributed by atoms with Crippen LogP contribution in [0.15, 0.2) is 0 Å². The van der Waals surface area contributed by atoms with Crippen LogP contribution in [0.3, 0.4) is 0 Å². The summed E-state index contributed by atoms with van der Waals surface area (Å²) in [6.45, 7) is 4.76. The number of halogens is 2. The first-order chi connectivity index (χ1) is 8.54. The fraction of sp³-hybridized carbons (Fsp3) is 1.00. The summed E-state index contributed by atoms with van der Waals surface area (Å²) in [5, 5.41) is 0.0191. The number of hydrogen-bond acceptors (Lipinski definition) is 2. The van der Waals surface area contributed by atoms with E-state index in [0.717, 1.165) is 23.2 Å². The van der Waals surface area contributed by atoms with Crippen LogP contribution in [-0.4, -0.2) is 29.0 Å². The van der Waals surface area contributed by atoms with E-state index in [1.807, 2.05) is 0 Å². The summed E-state index contributed by atoms with van der Waals surface area (Å²) >= 11 is 8.80. The number of hydrogen-bond donors (Lipinski definition) is 0. The summed E-state index contributed by atoms with van der Waals surface area (Å²) in [5.41, 5.74) is 0.448. The van der Waals surface area contributed by atoms with Crippen LogP contribution in [0.5, 0.6) is 0 Å². The molecule has 3 saturated carbocycles. The summed E-state index contributed by atoms with van der Waals surface area (Å²) in [4.78, 5) is 0. The van der Waals surface area contributed by atoms with E-state index in [2.05, 4.69) is 36.4 Å². The van der Waals surface area contributed by atoms with Gasteiger partial charge < -0.3 is 9.31 Å². The Hall–Kier alpha value is 1.00. The lowest BCUT2D eigenvalue weighted by Crippen LogP contribution is -2.59. The maximum absolute atomic E-state index is 6.41. The van der Waals surface area contributed by atoms with Crippen molar-refractivity contribution in [1.82, 2.24) is 0 Å². The molecule has 0 aromatic heterocycles. The third-order valence-electron chi connectivity index (χ3n) is 5.34. The van der Waals surface area contributed by atoms with Crippen molar-refractivity contribution in [1.29, 1.82) is 0 Å². The van der Waals surface area contributed by atoms with Crippen LogP contribution in [-0.2, 0) is 9.31 Å².